The van der Waals surface area contributed by atoms with Crippen LogP contribution in [0.2, 0.25) is 0 Å². The summed E-state index contributed by atoms with van der Waals surface area (Å²) in [5.41, 5.74) is 2.25. The maximum Gasteiger partial charge on any atom is 0.335 e. The fourth-order valence-corrected chi connectivity index (χ4v) is 1.82. The molecule has 1 heterocycles. The summed E-state index contributed by atoms with van der Waals surface area (Å²) in [4.78, 5) is 15.4. The first-order chi connectivity index (χ1) is 9.49. The van der Waals surface area contributed by atoms with Crippen molar-refractivity contribution in [2.45, 2.75) is 20.3 Å². The van der Waals surface area contributed by atoms with E-state index in [1.807, 2.05) is 13.8 Å². The highest BCUT2D eigenvalue weighted by Crippen LogP contribution is 2.21. The molecule has 0 fully saturated rings. The van der Waals surface area contributed by atoms with Crippen LogP contribution in [-0.4, -0.2) is 16.1 Å². The van der Waals surface area contributed by atoms with Gasteiger partial charge in [0.15, 0.2) is 0 Å². The Balaban J connectivity index is 2.39. The van der Waals surface area contributed by atoms with Gasteiger partial charge in [-0.15, -0.1) is 0 Å². The number of nitrogens with one attached hydrogen (secondary N) is 1. The second kappa shape index (κ2) is 5.69. The van der Waals surface area contributed by atoms with Crippen molar-refractivity contribution in [2.75, 3.05) is 5.32 Å². The molecule has 20 heavy (non-hydrogen) atoms. The number of anilines is 2. The molecule has 4 nitrogen and oxygen atoms in total. The minimum Gasteiger partial charge on any atom is -0.478 e. The number of hydrogen-bond donors (Lipinski definition) is 2. The van der Waals surface area contributed by atoms with Crippen LogP contribution in [0, 0.1) is 12.7 Å². The Morgan fingerprint density at radius 1 is 1.35 bits per heavy atom. The molecule has 1 aromatic carbocycles. The second-order valence-corrected chi connectivity index (χ2v) is 4.48. The number of halogens is 1. The smallest absolute Gasteiger partial charge is 0.335 e. The number of aromatic nitrogens is 1. The largest absolute Gasteiger partial charge is 0.478 e. The molecule has 2 rings (SSSR count). The van der Waals surface area contributed by atoms with Crippen LogP contribution in [0.5, 0.6) is 0 Å². The quantitative estimate of drug-likeness (QED) is 0.895. The van der Waals surface area contributed by atoms with E-state index in [1.165, 1.54) is 24.3 Å². The lowest BCUT2D eigenvalue weighted by Crippen LogP contribution is -2.04. The van der Waals surface area contributed by atoms with Crippen LogP contribution in [-0.2, 0) is 6.42 Å². The van der Waals surface area contributed by atoms with Gasteiger partial charge in [0.25, 0.3) is 0 Å². The summed E-state index contributed by atoms with van der Waals surface area (Å²) in [7, 11) is 0. The number of pyridine rings is 1. The van der Waals surface area contributed by atoms with E-state index >= 15 is 0 Å². The molecular weight excluding hydrogens is 259 g/mol. The maximum atomic E-state index is 13.2. The zero-order valence-corrected chi connectivity index (χ0v) is 11.3. The third-order valence-electron chi connectivity index (χ3n) is 2.95. The van der Waals surface area contributed by atoms with Gasteiger partial charge >= 0.3 is 5.97 Å². The van der Waals surface area contributed by atoms with E-state index in [9.17, 15) is 9.18 Å². The first kappa shape index (κ1) is 14.0. The molecule has 1 aromatic heterocycles. The zero-order chi connectivity index (χ0) is 14.7. The maximum absolute atomic E-state index is 13.2. The molecule has 0 saturated heterocycles. The van der Waals surface area contributed by atoms with Crippen LogP contribution in [0.1, 0.15) is 28.5 Å². The van der Waals surface area contributed by atoms with E-state index in [0.29, 0.717) is 23.6 Å². The summed E-state index contributed by atoms with van der Waals surface area (Å²) in [6.07, 6.45) is 0.623. The lowest BCUT2D eigenvalue weighted by Gasteiger charge is -2.11. The molecule has 0 saturated carbocycles. The predicted molar refractivity (Wildman–Crippen MR) is 75.0 cm³/mol. The highest BCUT2D eigenvalue weighted by atomic mass is 19.1. The molecule has 5 heteroatoms. The Morgan fingerprint density at radius 3 is 2.75 bits per heavy atom. The first-order valence-electron chi connectivity index (χ1n) is 6.27. The van der Waals surface area contributed by atoms with E-state index < -0.39 is 5.97 Å². The molecule has 0 bridgehead atoms. The standard InChI is InChI=1S/C15H15FN2O2/c1-3-12-6-10(15(19)20)7-14(17-12)18-13-8-11(16)5-4-9(13)2/h4-8H,3H2,1-2H3,(H,17,18)(H,19,20). The first-order valence-corrected chi connectivity index (χ1v) is 6.27. The fourth-order valence-electron chi connectivity index (χ4n) is 1.82. The Labute approximate surface area is 116 Å². The zero-order valence-electron chi connectivity index (χ0n) is 11.3. The SMILES string of the molecule is CCc1cc(C(=O)O)cc(Nc2cc(F)ccc2C)n1. The average molecular weight is 274 g/mol. The van der Waals surface area contributed by atoms with Gasteiger partial charge in [-0.1, -0.05) is 13.0 Å². The predicted octanol–water partition coefficient (Wildman–Crippen LogP) is 3.53. The third-order valence-corrected chi connectivity index (χ3v) is 2.95. The van der Waals surface area contributed by atoms with E-state index in [0.717, 1.165) is 5.56 Å². The fraction of sp³-hybridized carbons (Fsp3) is 0.200. The Morgan fingerprint density at radius 2 is 2.10 bits per heavy atom. The number of aromatic carboxylic acids is 1. The number of aryl methyl sites for hydroxylation is 2. The summed E-state index contributed by atoms with van der Waals surface area (Å²) in [6.45, 7) is 3.73. The number of rotatable bonds is 4. The van der Waals surface area contributed by atoms with Crippen molar-refractivity contribution >= 4 is 17.5 Å². The summed E-state index contributed by atoms with van der Waals surface area (Å²) in [5, 5.41) is 12.0. The van der Waals surface area contributed by atoms with Crippen LogP contribution in [0.3, 0.4) is 0 Å². The van der Waals surface area contributed by atoms with Gasteiger partial charge in [0, 0.05) is 11.4 Å². The average Bonchev–Trinajstić information content (AvgIpc) is 2.42. The summed E-state index contributed by atoms with van der Waals surface area (Å²) >= 11 is 0. The molecule has 0 spiro atoms. The van der Waals surface area contributed by atoms with E-state index in [2.05, 4.69) is 10.3 Å². The van der Waals surface area contributed by atoms with Crippen LogP contribution in [0.4, 0.5) is 15.9 Å². The Bertz CT molecular complexity index is 656. The van der Waals surface area contributed by atoms with E-state index in [4.69, 9.17) is 5.11 Å². The summed E-state index contributed by atoms with van der Waals surface area (Å²) in [6, 6.07) is 7.35. The molecule has 0 aliphatic heterocycles. The van der Waals surface area contributed by atoms with Gasteiger partial charge in [-0.05, 0) is 43.2 Å². The van der Waals surface area contributed by atoms with Gasteiger partial charge in [0.05, 0.1) is 5.56 Å². The van der Waals surface area contributed by atoms with E-state index in [-0.39, 0.29) is 11.4 Å². The third kappa shape index (κ3) is 3.12. The highest BCUT2D eigenvalue weighted by molar-refractivity contribution is 5.88. The van der Waals surface area contributed by atoms with Crippen molar-refractivity contribution in [3.05, 3.63) is 53.0 Å². The van der Waals surface area contributed by atoms with Gasteiger partial charge in [0.2, 0.25) is 0 Å². The van der Waals surface area contributed by atoms with Gasteiger partial charge in [0.1, 0.15) is 11.6 Å². The molecule has 0 unspecified atom stereocenters. The van der Waals surface area contributed by atoms with Crippen LogP contribution in [0.25, 0.3) is 0 Å². The minimum atomic E-state index is -1.01. The van der Waals surface area contributed by atoms with Crippen molar-refractivity contribution in [1.82, 2.24) is 4.98 Å². The van der Waals surface area contributed by atoms with Crippen molar-refractivity contribution < 1.29 is 14.3 Å². The van der Waals surface area contributed by atoms with Crippen molar-refractivity contribution in [2.24, 2.45) is 0 Å². The Kier molecular flexibility index (Phi) is 3.98. The summed E-state index contributed by atoms with van der Waals surface area (Å²) < 4.78 is 13.2. The van der Waals surface area contributed by atoms with Gasteiger partial charge in [-0.2, -0.15) is 0 Å². The molecule has 0 radical (unpaired) electrons. The monoisotopic (exact) mass is 274 g/mol. The summed E-state index contributed by atoms with van der Waals surface area (Å²) in [5.74, 6) is -0.972. The van der Waals surface area contributed by atoms with Crippen molar-refractivity contribution in [3.63, 3.8) is 0 Å². The lowest BCUT2D eigenvalue weighted by atomic mass is 10.1. The van der Waals surface area contributed by atoms with Gasteiger partial charge in [-0.3, -0.25) is 0 Å². The number of carboxylic acid groups (broad SMARTS) is 1. The Hall–Kier alpha value is -2.43. The topological polar surface area (TPSA) is 62.2 Å². The number of carbonyl (C=O) groups is 1. The van der Waals surface area contributed by atoms with Crippen LogP contribution >= 0.6 is 0 Å². The number of hydrogen-bond acceptors (Lipinski definition) is 3. The number of nitrogens with zero attached hydrogens (tertiary/aromatic N) is 1. The number of carboxylic acids is 1. The van der Waals surface area contributed by atoms with Crippen LogP contribution in [0.15, 0.2) is 30.3 Å². The molecule has 104 valence electrons. The lowest BCUT2D eigenvalue weighted by molar-refractivity contribution is 0.0696. The minimum absolute atomic E-state index is 0.161. The van der Waals surface area contributed by atoms with E-state index in [1.54, 1.807) is 6.07 Å². The molecule has 0 aliphatic rings. The second-order valence-electron chi connectivity index (χ2n) is 4.48. The highest BCUT2D eigenvalue weighted by Gasteiger charge is 2.09. The van der Waals surface area contributed by atoms with Gasteiger partial charge in [-0.25, -0.2) is 14.2 Å². The van der Waals surface area contributed by atoms with Crippen molar-refractivity contribution in [1.29, 1.82) is 0 Å². The van der Waals surface area contributed by atoms with Gasteiger partial charge < -0.3 is 10.4 Å². The van der Waals surface area contributed by atoms with Crippen LogP contribution < -0.4 is 5.32 Å². The molecule has 2 aromatic rings. The molecular formula is C15H15FN2O2. The van der Waals surface area contributed by atoms with Crippen molar-refractivity contribution in [3.8, 4) is 0 Å². The normalized spacial score (nSPS) is 10.3. The molecule has 0 atom stereocenters. The molecule has 2 N–H and O–H groups in total. The molecule has 0 aliphatic carbocycles. The number of benzene rings is 1. The molecule has 0 amide bonds.